The molecule has 1 fully saturated rings. The number of thiophene rings is 1. The summed E-state index contributed by atoms with van der Waals surface area (Å²) in [6, 6.07) is 3.51. The molecule has 2 atom stereocenters. The first kappa shape index (κ1) is 13.8. The van der Waals surface area contributed by atoms with Crippen LogP contribution in [0.1, 0.15) is 24.3 Å². The van der Waals surface area contributed by atoms with Gasteiger partial charge in [-0.25, -0.2) is 8.42 Å². The number of sulfone groups is 1. The van der Waals surface area contributed by atoms with Gasteiger partial charge in [0.1, 0.15) is 0 Å². The molecule has 4 nitrogen and oxygen atoms in total. The lowest BCUT2D eigenvalue weighted by Gasteiger charge is -2.15. The van der Waals surface area contributed by atoms with Crippen LogP contribution in [-0.4, -0.2) is 25.8 Å². The zero-order valence-corrected chi connectivity index (χ0v) is 12.2. The Labute approximate surface area is 115 Å². The van der Waals surface area contributed by atoms with Crippen molar-refractivity contribution in [3.05, 3.63) is 21.3 Å². The molecule has 0 saturated carbocycles. The SMILES string of the molecule is C[C@@H](NC(=O)[C@H]1CCS(=O)(=O)C1)c1ccc(Cl)s1. The highest BCUT2D eigenvalue weighted by Gasteiger charge is 2.33. The summed E-state index contributed by atoms with van der Waals surface area (Å²) in [5, 5.41) is 2.84. The van der Waals surface area contributed by atoms with Crippen LogP contribution in [0, 0.1) is 5.92 Å². The summed E-state index contributed by atoms with van der Waals surface area (Å²) in [7, 11) is -3.02. The van der Waals surface area contributed by atoms with Crippen LogP contribution >= 0.6 is 22.9 Å². The van der Waals surface area contributed by atoms with Gasteiger partial charge in [-0.2, -0.15) is 0 Å². The number of hydrogen-bond donors (Lipinski definition) is 1. The lowest BCUT2D eigenvalue weighted by atomic mass is 10.1. The second-order valence-electron chi connectivity index (χ2n) is 4.47. The molecule has 2 heterocycles. The van der Waals surface area contributed by atoms with Gasteiger partial charge in [0.2, 0.25) is 5.91 Å². The predicted octanol–water partition coefficient (Wildman–Crippen LogP) is 2.01. The fourth-order valence-electron chi connectivity index (χ4n) is 1.97. The van der Waals surface area contributed by atoms with Gasteiger partial charge < -0.3 is 5.32 Å². The lowest BCUT2D eigenvalue weighted by molar-refractivity contribution is -0.124. The van der Waals surface area contributed by atoms with Gasteiger partial charge >= 0.3 is 0 Å². The van der Waals surface area contributed by atoms with E-state index in [-0.39, 0.29) is 23.5 Å². The van der Waals surface area contributed by atoms with Crippen LogP contribution in [-0.2, 0) is 14.6 Å². The Bertz CT molecular complexity index is 552. The minimum absolute atomic E-state index is 0.0310. The molecular weight excluding hydrogens is 294 g/mol. The molecule has 1 amide bonds. The van der Waals surface area contributed by atoms with Crippen molar-refractivity contribution in [3.8, 4) is 0 Å². The van der Waals surface area contributed by atoms with E-state index in [1.165, 1.54) is 11.3 Å². The number of carbonyl (C=O) groups is 1. The standard InChI is InChI=1S/C11H14ClNO3S2/c1-7(9-2-3-10(12)17-9)13-11(14)8-4-5-18(15,16)6-8/h2-3,7-8H,4-6H2,1H3,(H,13,14)/t7-,8+/m1/s1. The van der Waals surface area contributed by atoms with E-state index in [4.69, 9.17) is 11.6 Å². The predicted molar refractivity (Wildman–Crippen MR) is 72.6 cm³/mol. The Kier molecular flexibility index (Phi) is 3.99. The Morgan fingerprint density at radius 2 is 2.28 bits per heavy atom. The summed E-state index contributed by atoms with van der Waals surface area (Å²) >= 11 is 7.24. The monoisotopic (exact) mass is 307 g/mol. The van der Waals surface area contributed by atoms with Crippen LogP contribution in [0.15, 0.2) is 12.1 Å². The number of carbonyl (C=O) groups excluding carboxylic acids is 1. The van der Waals surface area contributed by atoms with E-state index in [1.807, 2.05) is 13.0 Å². The molecule has 0 unspecified atom stereocenters. The number of nitrogens with one attached hydrogen (secondary N) is 1. The Balaban J connectivity index is 1.96. The Hall–Kier alpha value is -0.590. The average Bonchev–Trinajstić information content (AvgIpc) is 2.84. The molecule has 0 bridgehead atoms. The molecular formula is C11H14ClNO3S2. The molecule has 1 saturated heterocycles. The van der Waals surface area contributed by atoms with E-state index in [1.54, 1.807) is 6.07 Å². The second kappa shape index (κ2) is 5.19. The molecule has 1 aliphatic rings. The maximum absolute atomic E-state index is 11.9. The van der Waals surface area contributed by atoms with E-state index < -0.39 is 15.8 Å². The van der Waals surface area contributed by atoms with Gasteiger partial charge in [0.15, 0.2) is 9.84 Å². The molecule has 18 heavy (non-hydrogen) atoms. The highest BCUT2D eigenvalue weighted by atomic mass is 35.5. The van der Waals surface area contributed by atoms with E-state index in [0.717, 1.165) is 4.88 Å². The minimum Gasteiger partial charge on any atom is -0.348 e. The van der Waals surface area contributed by atoms with Crippen molar-refractivity contribution in [2.75, 3.05) is 11.5 Å². The first-order valence-corrected chi connectivity index (χ1v) is 8.65. The second-order valence-corrected chi connectivity index (χ2v) is 8.45. The van der Waals surface area contributed by atoms with Gasteiger partial charge in [0.25, 0.3) is 0 Å². The molecule has 100 valence electrons. The van der Waals surface area contributed by atoms with Crippen LogP contribution in [0.3, 0.4) is 0 Å². The molecule has 0 aliphatic carbocycles. The van der Waals surface area contributed by atoms with Gasteiger partial charge in [-0.1, -0.05) is 11.6 Å². The third kappa shape index (κ3) is 3.24. The highest BCUT2D eigenvalue weighted by molar-refractivity contribution is 7.91. The molecule has 0 aromatic carbocycles. The molecule has 1 aromatic heterocycles. The van der Waals surface area contributed by atoms with Crippen LogP contribution < -0.4 is 5.32 Å². The van der Waals surface area contributed by atoms with E-state index >= 15 is 0 Å². The Morgan fingerprint density at radius 1 is 1.56 bits per heavy atom. The molecule has 1 aliphatic heterocycles. The fraction of sp³-hybridized carbons (Fsp3) is 0.545. The maximum Gasteiger partial charge on any atom is 0.224 e. The van der Waals surface area contributed by atoms with Crippen molar-refractivity contribution in [2.45, 2.75) is 19.4 Å². The van der Waals surface area contributed by atoms with Crippen molar-refractivity contribution in [1.82, 2.24) is 5.32 Å². The zero-order chi connectivity index (χ0) is 13.3. The van der Waals surface area contributed by atoms with Gasteiger partial charge in [-0.15, -0.1) is 11.3 Å². The minimum atomic E-state index is -3.02. The van der Waals surface area contributed by atoms with Crippen molar-refractivity contribution in [1.29, 1.82) is 0 Å². The number of rotatable bonds is 3. The molecule has 0 radical (unpaired) electrons. The molecule has 1 N–H and O–H groups in total. The topological polar surface area (TPSA) is 63.2 Å². The molecule has 1 aromatic rings. The van der Waals surface area contributed by atoms with E-state index in [2.05, 4.69) is 5.32 Å². The quantitative estimate of drug-likeness (QED) is 0.929. The van der Waals surface area contributed by atoms with Crippen molar-refractivity contribution in [2.24, 2.45) is 5.92 Å². The largest absolute Gasteiger partial charge is 0.348 e. The van der Waals surface area contributed by atoms with Gasteiger partial charge in [0.05, 0.1) is 27.8 Å². The summed E-state index contributed by atoms with van der Waals surface area (Å²) in [5.41, 5.74) is 0. The summed E-state index contributed by atoms with van der Waals surface area (Å²) in [5.74, 6) is -0.512. The van der Waals surface area contributed by atoms with Gasteiger partial charge in [-0.3, -0.25) is 4.79 Å². The molecule has 7 heteroatoms. The summed E-state index contributed by atoms with van der Waals surface area (Å²) in [4.78, 5) is 12.9. The molecule has 0 spiro atoms. The average molecular weight is 308 g/mol. The number of hydrogen-bond acceptors (Lipinski definition) is 4. The third-order valence-corrected chi connectivity index (χ3v) is 6.16. The fourth-order valence-corrected chi connectivity index (χ4v) is 4.77. The summed E-state index contributed by atoms with van der Waals surface area (Å²) in [6.45, 7) is 1.86. The molecule has 2 rings (SSSR count). The van der Waals surface area contributed by atoms with E-state index in [9.17, 15) is 13.2 Å². The van der Waals surface area contributed by atoms with Crippen molar-refractivity contribution in [3.63, 3.8) is 0 Å². The van der Waals surface area contributed by atoms with Gasteiger partial charge in [0, 0.05) is 4.88 Å². The van der Waals surface area contributed by atoms with Crippen molar-refractivity contribution < 1.29 is 13.2 Å². The summed E-state index contributed by atoms with van der Waals surface area (Å²) in [6.07, 6.45) is 0.423. The lowest BCUT2D eigenvalue weighted by Crippen LogP contribution is -2.33. The van der Waals surface area contributed by atoms with Crippen LogP contribution in [0.2, 0.25) is 4.34 Å². The smallest absolute Gasteiger partial charge is 0.224 e. The van der Waals surface area contributed by atoms with Gasteiger partial charge in [-0.05, 0) is 25.5 Å². The zero-order valence-electron chi connectivity index (χ0n) is 9.85. The van der Waals surface area contributed by atoms with Crippen molar-refractivity contribution >= 4 is 38.7 Å². The highest BCUT2D eigenvalue weighted by Crippen LogP contribution is 2.27. The van der Waals surface area contributed by atoms with Crippen LogP contribution in [0.5, 0.6) is 0 Å². The Morgan fingerprint density at radius 3 is 2.78 bits per heavy atom. The van der Waals surface area contributed by atoms with E-state index in [0.29, 0.717) is 10.8 Å². The normalized spacial score (nSPS) is 23.8. The van der Waals surface area contributed by atoms with Crippen LogP contribution in [0.4, 0.5) is 0 Å². The third-order valence-electron chi connectivity index (χ3n) is 2.98. The first-order valence-electron chi connectivity index (χ1n) is 5.63. The maximum atomic E-state index is 11.9. The van der Waals surface area contributed by atoms with Crippen LogP contribution in [0.25, 0.3) is 0 Å². The number of amides is 1. The summed E-state index contributed by atoms with van der Waals surface area (Å²) < 4.78 is 23.3. The number of halogens is 1. The first-order chi connectivity index (χ1) is 8.37.